The second-order valence-electron chi connectivity index (χ2n) is 7.31. The van der Waals surface area contributed by atoms with E-state index in [4.69, 9.17) is 4.74 Å². The first-order chi connectivity index (χ1) is 14.2. The molecule has 0 saturated carbocycles. The highest BCUT2D eigenvalue weighted by Crippen LogP contribution is 2.13. The van der Waals surface area contributed by atoms with Crippen LogP contribution < -0.4 is 5.32 Å². The van der Waals surface area contributed by atoms with Gasteiger partial charge in [-0.1, -0.05) is 6.07 Å². The minimum absolute atomic E-state index is 0.00577. The predicted octanol–water partition coefficient (Wildman–Crippen LogP) is 1.85. The summed E-state index contributed by atoms with van der Waals surface area (Å²) >= 11 is 0. The van der Waals surface area contributed by atoms with Crippen LogP contribution in [0.1, 0.15) is 26.3 Å². The van der Waals surface area contributed by atoms with E-state index in [-0.39, 0.29) is 37.0 Å². The molecule has 0 aromatic heterocycles. The van der Waals surface area contributed by atoms with E-state index in [9.17, 15) is 17.2 Å². The molecule has 10 heteroatoms. The number of rotatable bonds is 9. The summed E-state index contributed by atoms with van der Waals surface area (Å²) < 4.78 is 59.3. The monoisotopic (exact) mass is 446 g/mol. The molecule has 0 unspecified atom stereocenters. The lowest BCUT2D eigenvalue weighted by Gasteiger charge is -2.36. The smallest absolute Gasteiger partial charge is 0.216 e. The molecule has 1 saturated heterocycles. The summed E-state index contributed by atoms with van der Waals surface area (Å²) in [7, 11) is -3.36. The molecular weight excluding hydrogens is 414 g/mol. The van der Waals surface area contributed by atoms with E-state index in [1.54, 1.807) is 0 Å². The summed E-state index contributed by atoms with van der Waals surface area (Å²) in [5.74, 6) is -0.562. The van der Waals surface area contributed by atoms with Crippen LogP contribution in [0.25, 0.3) is 0 Å². The lowest BCUT2D eigenvalue weighted by molar-refractivity contribution is 0.0904. The van der Waals surface area contributed by atoms with Crippen LogP contribution in [0.15, 0.2) is 23.2 Å². The van der Waals surface area contributed by atoms with Gasteiger partial charge in [0.15, 0.2) is 5.96 Å². The van der Waals surface area contributed by atoms with E-state index in [1.807, 2.05) is 25.7 Å². The van der Waals surface area contributed by atoms with Crippen LogP contribution in [0, 0.1) is 11.6 Å². The molecule has 1 aliphatic rings. The number of piperazine rings is 1. The van der Waals surface area contributed by atoms with Gasteiger partial charge in [-0.3, -0.25) is 4.99 Å². The highest BCUT2D eigenvalue weighted by Gasteiger charge is 2.28. The third-order valence-corrected chi connectivity index (χ3v) is 6.58. The zero-order valence-corrected chi connectivity index (χ0v) is 18.7. The number of nitrogens with zero attached hydrogens (tertiary/aromatic N) is 3. The van der Waals surface area contributed by atoms with Gasteiger partial charge in [0.25, 0.3) is 0 Å². The summed E-state index contributed by atoms with van der Waals surface area (Å²) in [6.45, 7) is 8.41. The van der Waals surface area contributed by atoms with Gasteiger partial charge in [0.2, 0.25) is 10.0 Å². The minimum Gasteiger partial charge on any atom is -0.378 e. The van der Waals surface area contributed by atoms with Crippen LogP contribution in [0.2, 0.25) is 0 Å². The molecule has 0 spiro atoms. The van der Waals surface area contributed by atoms with Crippen molar-refractivity contribution < 1.29 is 21.9 Å². The van der Waals surface area contributed by atoms with Gasteiger partial charge in [-0.2, -0.15) is 4.31 Å². The molecule has 0 bridgehead atoms. The lowest BCUT2D eigenvalue weighted by atomic mass is 10.1. The number of guanidine groups is 1. The van der Waals surface area contributed by atoms with Crippen LogP contribution in [-0.2, 0) is 21.2 Å². The number of halogens is 2. The van der Waals surface area contributed by atoms with Gasteiger partial charge < -0.3 is 15.0 Å². The third-order valence-electron chi connectivity index (χ3n) is 4.74. The maximum absolute atomic E-state index is 13.8. The maximum atomic E-state index is 13.8. The van der Waals surface area contributed by atoms with Gasteiger partial charge in [0.1, 0.15) is 11.6 Å². The van der Waals surface area contributed by atoms with Crippen molar-refractivity contribution in [3.8, 4) is 0 Å². The number of hydrogen-bond acceptors (Lipinski definition) is 4. The van der Waals surface area contributed by atoms with Crippen molar-refractivity contribution >= 4 is 16.0 Å². The lowest BCUT2D eigenvalue weighted by Crippen LogP contribution is -2.54. The topological polar surface area (TPSA) is 74.2 Å². The number of hydrogen-bond donors (Lipinski definition) is 1. The molecule has 1 fully saturated rings. The Morgan fingerprint density at radius 1 is 1.20 bits per heavy atom. The van der Waals surface area contributed by atoms with E-state index >= 15 is 0 Å². The first kappa shape index (κ1) is 24.5. The zero-order valence-electron chi connectivity index (χ0n) is 17.9. The van der Waals surface area contributed by atoms with Gasteiger partial charge in [0.05, 0.1) is 18.5 Å². The Morgan fingerprint density at radius 2 is 1.83 bits per heavy atom. The van der Waals surface area contributed by atoms with E-state index in [0.29, 0.717) is 38.7 Å². The van der Waals surface area contributed by atoms with Crippen molar-refractivity contribution in [2.45, 2.75) is 33.3 Å². The molecular formula is C20H32F2N4O3S. The largest absolute Gasteiger partial charge is 0.378 e. The Hall–Kier alpha value is -1.78. The van der Waals surface area contributed by atoms with Crippen molar-refractivity contribution in [3.63, 3.8) is 0 Å². The number of aliphatic imine (C=N–C) groups is 1. The summed E-state index contributed by atoms with van der Waals surface area (Å²) in [5, 5.41) is 3.17. The highest BCUT2D eigenvalue weighted by atomic mass is 32.2. The quantitative estimate of drug-likeness (QED) is 0.463. The first-order valence-electron chi connectivity index (χ1n) is 10.3. The Kier molecular flexibility index (Phi) is 9.44. The van der Waals surface area contributed by atoms with Crippen molar-refractivity contribution in [2.24, 2.45) is 4.99 Å². The average molecular weight is 447 g/mol. The van der Waals surface area contributed by atoms with Crippen molar-refractivity contribution in [2.75, 3.05) is 51.6 Å². The molecule has 0 aliphatic carbocycles. The van der Waals surface area contributed by atoms with Gasteiger partial charge in [-0.25, -0.2) is 17.2 Å². The molecule has 0 amide bonds. The van der Waals surface area contributed by atoms with Crippen LogP contribution >= 0.6 is 0 Å². The standard InChI is InChI=1S/C20H32F2N4O3S/c1-4-23-20(24-9-8-17-18(21)6-5-7-19(17)22)25-10-12-26(13-11-25)30(27,28)15-14-29-16(2)3/h5-7,16H,4,8-15H2,1-3H3,(H,23,24). The van der Waals surface area contributed by atoms with Gasteiger partial charge >= 0.3 is 0 Å². The molecule has 30 heavy (non-hydrogen) atoms. The average Bonchev–Trinajstić information content (AvgIpc) is 2.69. The Balaban J connectivity index is 1.92. The second kappa shape index (κ2) is 11.6. The Labute approximate surface area is 178 Å². The molecule has 0 atom stereocenters. The van der Waals surface area contributed by atoms with E-state index in [0.717, 1.165) is 0 Å². The fourth-order valence-electron chi connectivity index (χ4n) is 3.17. The van der Waals surface area contributed by atoms with Gasteiger partial charge in [-0.15, -0.1) is 0 Å². The van der Waals surface area contributed by atoms with Crippen molar-refractivity contribution in [1.29, 1.82) is 0 Å². The highest BCUT2D eigenvalue weighted by molar-refractivity contribution is 7.89. The molecule has 1 aromatic carbocycles. The number of ether oxygens (including phenoxy) is 1. The molecule has 1 aromatic rings. The fourth-order valence-corrected chi connectivity index (χ4v) is 4.45. The van der Waals surface area contributed by atoms with Crippen LogP contribution in [-0.4, -0.2) is 81.3 Å². The maximum Gasteiger partial charge on any atom is 0.216 e. The van der Waals surface area contributed by atoms with Crippen LogP contribution in [0.3, 0.4) is 0 Å². The Morgan fingerprint density at radius 3 is 2.40 bits per heavy atom. The fraction of sp³-hybridized carbons (Fsp3) is 0.650. The van der Waals surface area contributed by atoms with Crippen molar-refractivity contribution in [1.82, 2.24) is 14.5 Å². The molecule has 1 aliphatic heterocycles. The van der Waals surface area contributed by atoms with Gasteiger partial charge in [-0.05, 0) is 39.3 Å². The number of benzene rings is 1. The summed E-state index contributed by atoms with van der Waals surface area (Å²) in [5.41, 5.74) is 0.0247. The molecule has 7 nitrogen and oxygen atoms in total. The van der Waals surface area contributed by atoms with Crippen LogP contribution in [0.4, 0.5) is 8.78 Å². The number of sulfonamides is 1. The predicted molar refractivity (Wildman–Crippen MR) is 114 cm³/mol. The second-order valence-corrected chi connectivity index (χ2v) is 9.40. The molecule has 170 valence electrons. The summed E-state index contributed by atoms with van der Waals surface area (Å²) in [4.78, 5) is 6.45. The van der Waals surface area contributed by atoms with Crippen LogP contribution in [0.5, 0.6) is 0 Å². The van der Waals surface area contributed by atoms with E-state index in [2.05, 4.69) is 10.3 Å². The van der Waals surface area contributed by atoms with Crippen molar-refractivity contribution in [3.05, 3.63) is 35.4 Å². The zero-order chi connectivity index (χ0) is 22.1. The molecule has 2 rings (SSSR count). The first-order valence-corrected chi connectivity index (χ1v) is 11.9. The SMILES string of the molecule is CCNC(=NCCc1c(F)cccc1F)N1CCN(S(=O)(=O)CCOC(C)C)CC1. The minimum atomic E-state index is -3.36. The summed E-state index contributed by atoms with van der Waals surface area (Å²) in [6.07, 6.45) is 0.145. The Bertz CT molecular complexity index is 790. The molecule has 1 heterocycles. The normalized spacial score (nSPS) is 16.3. The van der Waals surface area contributed by atoms with E-state index < -0.39 is 21.7 Å². The molecule has 1 N–H and O–H groups in total. The molecule has 0 radical (unpaired) electrons. The van der Waals surface area contributed by atoms with E-state index in [1.165, 1.54) is 22.5 Å². The third kappa shape index (κ3) is 7.17. The summed E-state index contributed by atoms with van der Waals surface area (Å²) in [6, 6.07) is 3.81. The van der Waals surface area contributed by atoms with Gasteiger partial charge in [0, 0.05) is 44.8 Å². The number of nitrogens with one attached hydrogen (secondary N) is 1.